The minimum atomic E-state index is -2.61. The molecule has 0 spiro atoms. The highest BCUT2D eigenvalue weighted by atomic mass is 35.5. The number of non-ortho nitro benzene ring substituents is 1. The van der Waals surface area contributed by atoms with Crippen LogP contribution < -0.4 is 4.74 Å². The first-order valence-corrected chi connectivity index (χ1v) is 8.36. The van der Waals surface area contributed by atoms with E-state index in [2.05, 4.69) is 0 Å². The van der Waals surface area contributed by atoms with Crippen LogP contribution in [0.4, 0.5) is 14.5 Å². The third-order valence-electron chi connectivity index (χ3n) is 3.27. The molecule has 0 saturated carbocycles. The summed E-state index contributed by atoms with van der Waals surface area (Å²) in [6, 6.07) is 7.99. The number of ether oxygens (including phenoxy) is 1. The minimum absolute atomic E-state index is 0.155. The Balaban J connectivity index is 2.26. The summed E-state index contributed by atoms with van der Waals surface area (Å²) >= 11 is 6.29. The summed E-state index contributed by atoms with van der Waals surface area (Å²) in [5, 5.41) is 11.1. The molecule has 2 aromatic carbocycles. The van der Waals surface area contributed by atoms with Crippen LogP contribution in [0, 0.1) is 10.1 Å². The number of alkyl halides is 2. The maximum atomic E-state index is 12.5. The van der Waals surface area contributed by atoms with E-state index in [0.717, 1.165) is 0 Å². The molecule has 0 N–H and O–H groups in total. The summed E-state index contributed by atoms with van der Waals surface area (Å²) in [6.45, 7) is 0. The second-order valence-electron chi connectivity index (χ2n) is 4.90. The van der Waals surface area contributed by atoms with Gasteiger partial charge in [-0.1, -0.05) is 23.4 Å². The molecule has 0 aromatic heterocycles. The number of allylic oxidation sites excluding steroid dienone is 1. The Morgan fingerprint density at radius 3 is 2.65 bits per heavy atom. The molecule has 0 aliphatic carbocycles. The lowest BCUT2D eigenvalue weighted by atomic mass is 10.1. The number of nitro groups is 1. The molecule has 5 nitrogen and oxygen atoms in total. The number of nitro benzene ring substituents is 1. The molecule has 0 radical (unpaired) electrons. The smallest absolute Gasteiger partial charge is 0.289 e. The summed E-state index contributed by atoms with van der Waals surface area (Å²) < 4.78 is 30.0. The van der Waals surface area contributed by atoms with Crippen molar-refractivity contribution in [1.29, 1.82) is 0 Å². The predicted molar refractivity (Wildman–Crippen MR) is 96.3 cm³/mol. The van der Waals surface area contributed by atoms with Gasteiger partial charge in [0.05, 0.1) is 16.9 Å². The number of rotatable bonds is 7. The monoisotopic (exact) mass is 399 g/mol. The van der Waals surface area contributed by atoms with Gasteiger partial charge >= 0.3 is 0 Å². The number of halogens is 3. The molecule has 136 valence electrons. The SMILES string of the molecule is COc1cc(C(=O)C=Cc2cc([N+](=O)[O-])ccc2Cl)ccc1SC(F)F. The number of methoxy groups -OCH3 is 1. The van der Waals surface area contributed by atoms with Crippen molar-refractivity contribution in [2.75, 3.05) is 7.11 Å². The number of thioether (sulfide) groups is 1. The van der Waals surface area contributed by atoms with Crippen LogP contribution in [0.2, 0.25) is 5.02 Å². The standard InChI is InChI=1S/C17H12ClF2NO4S/c1-25-15-9-11(3-7-16(15)26-17(19)20)14(22)6-2-10-8-12(21(23)24)4-5-13(10)18/h2-9,17H,1H3. The molecule has 0 fully saturated rings. The van der Waals surface area contributed by atoms with E-state index in [1.807, 2.05) is 0 Å². The molecule has 0 saturated heterocycles. The lowest BCUT2D eigenvalue weighted by Crippen LogP contribution is -1.97. The maximum Gasteiger partial charge on any atom is 0.289 e. The number of benzene rings is 2. The molecule has 2 rings (SSSR count). The minimum Gasteiger partial charge on any atom is -0.496 e. The zero-order valence-corrected chi connectivity index (χ0v) is 14.9. The Morgan fingerprint density at radius 2 is 2.04 bits per heavy atom. The van der Waals surface area contributed by atoms with Gasteiger partial charge in [0.15, 0.2) is 5.78 Å². The Labute approximate surface area is 156 Å². The number of hydrogen-bond donors (Lipinski definition) is 0. The average Bonchev–Trinajstić information content (AvgIpc) is 2.60. The average molecular weight is 400 g/mol. The predicted octanol–water partition coefficient (Wildman–Crippen LogP) is 5.47. The summed E-state index contributed by atoms with van der Waals surface area (Å²) in [6.07, 6.45) is 2.55. The molecule has 0 amide bonds. The van der Waals surface area contributed by atoms with Crippen LogP contribution in [0.25, 0.3) is 6.08 Å². The fraction of sp³-hybridized carbons (Fsp3) is 0.118. The van der Waals surface area contributed by atoms with Crippen LogP contribution in [0.5, 0.6) is 5.75 Å². The zero-order chi connectivity index (χ0) is 19.3. The first-order valence-electron chi connectivity index (χ1n) is 7.11. The van der Waals surface area contributed by atoms with Crippen LogP contribution in [-0.4, -0.2) is 23.6 Å². The first kappa shape index (κ1) is 19.9. The molecular weight excluding hydrogens is 388 g/mol. The van der Waals surface area contributed by atoms with E-state index in [1.54, 1.807) is 0 Å². The van der Waals surface area contributed by atoms with Gasteiger partial charge in [-0.25, -0.2) is 0 Å². The van der Waals surface area contributed by atoms with E-state index in [1.165, 1.54) is 55.7 Å². The summed E-state index contributed by atoms with van der Waals surface area (Å²) in [4.78, 5) is 22.7. The highest BCUT2D eigenvalue weighted by Crippen LogP contribution is 2.34. The molecule has 26 heavy (non-hydrogen) atoms. The van der Waals surface area contributed by atoms with E-state index in [-0.39, 0.29) is 26.9 Å². The molecule has 0 unspecified atom stereocenters. The molecule has 0 atom stereocenters. The van der Waals surface area contributed by atoms with E-state index in [0.29, 0.717) is 17.3 Å². The number of nitrogens with zero attached hydrogens (tertiary/aromatic N) is 1. The Bertz CT molecular complexity index is 874. The van der Waals surface area contributed by atoms with Gasteiger partial charge in [-0.2, -0.15) is 8.78 Å². The molecule has 0 bridgehead atoms. The Hall–Kier alpha value is -2.45. The largest absolute Gasteiger partial charge is 0.496 e. The van der Waals surface area contributed by atoms with E-state index >= 15 is 0 Å². The van der Waals surface area contributed by atoms with Gasteiger partial charge in [-0.05, 0) is 42.0 Å². The van der Waals surface area contributed by atoms with Crippen molar-refractivity contribution in [1.82, 2.24) is 0 Å². The van der Waals surface area contributed by atoms with Crippen LogP contribution in [-0.2, 0) is 0 Å². The Kier molecular flexibility index (Phi) is 6.70. The van der Waals surface area contributed by atoms with Crippen molar-refractivity contribution in [2.24, 2.45) is 0 Å². The fourth-order valence-electron chi connectivity index (χ4n) is 2.05. The van der Waals surface area contributed by atoms with Gasteiger partial charge < -0.3 is 4.74 Å². The molecule has 0 aliphatic rings. The maximum absolute atomic E-state index is 12.5. The number of carbonyl (C=O) groups is 1. The van der Waals surface area contributed by atoms with E-state index in [4.69, 9.17) is 16.3 Å². The first-order chi connectivity index (χ1) is 12.3. The van der Waals surface area contributed by atoms with Gasteiger partial charge in [-0.3, -0.25) is 14.9 Å². The second-order valence-corrected chi connectivity index (χ2v) is 6.34. The number of ketones is 1. The molecule has 9 heteroatoms. The molecule has 0 aliphatic heterocycles. The van der Waals surface area contributed by atoms with Crippen molar-refractivity contribution < 1.29 is 23.2 Å². The zero-order valence-electron chi connectivity index (χ0n) is 13.3. The highest BCUT2D eigenvalue weighted by molar-refractivity contribution is 7.99. The van der Waals surface area contributed by atoms with Crippen molar-refractivity contribution in [3.8, 4) is 5.75 Å². The highest BCUT2D eigenvalue weighted by Gasteiger charge is 2.14. The van der Waals surface area contributed by atoms with Gasteiger partial charge in [0.2, 0.25) is 0 Å². The normalized spacial score (nSPS) is 11.1. The quantitative estimate of drug-likeness (QED) is 0.203. The van der Waals surface area contributed by atoms with E-state index in [9.17, 15) is 23.7 Å². The third-order valence-corrected chi connectivity index (χ3v) is 4.38. The van der Waals surface area contributed by atoms with Crippen LogP contribution >= 0.6 is 23.4 Å². The van der Waals surface area contributed by atoms with Crippen LogP contribution in [0.15, 0.2) is 47.4 Å². The summed E-state index contributed by atoms with van der Waals surface area (Å²) in [5.41, 5.74) is 0.376. The Morgan fingerprint density at radius 1 is 1.31 bits per heavy atom. The molecule has 2 aromatic rings. The third kappa shape index (κ3) is 5.03. The van der Waals surface area contributed by atoms with Gasteiger partial charge in [0, 0.05) is 22.7 Å². The van der Waals surface area contributed by atoms with Crippen molar-refractivity contribution in [3.05, 3.63) is 68.7 Å². The summed E-state index contributed by atoms with van der Waals surface area (Å²) in [7, 11) is 1.32. The van der Waals surface area contributed by atoms with Crippen LogP contribution in [0.1, 0.15) is 15.9 Å². The van der Waals surface area contributed by atoms with Crippen molar-refractivity contribution >= 4 is 40.9 Å². The van der Waals surface area contributed by atoms with Crippen molar-refractivity contribution in [2.45, 2.75) is 10.7 Å². The lowest BCUT2D eigenvalue weighted by Gasteiger charge is -2.08. The van der Waals surface area contributed by atoms with Crippen molar-refractivity contribution in [3.63, 3.8) is 0 Å². The fourth-order valence-corrected chi connectivity index (χ4v) is 2.83. The number of hydrogen-bond acceptors (Lipinski definition) is 5. The summed E-state index contributed by atoms with van der Waals surface area (Å²) in [5.74, 6) is -2.89. The van der Waals surface area contributed by atoms with Gasteiger partial charge in [0.1, 0.15) is 5.75 Å². The van der Waals surface area contributed by atoms with Gasteiger partial charge in [-0.15, -0.1) is 0 Å². The van der Waals surface area contributed by atoms with Gasteiger partial charge in [0.25, 0.3) is 11.4 Å². The van der Waals surface area contributed by atoms with Crippen LogP contribution in [0.3, 0.4) is 0 Å². The number of carbonyl (C=O) groups excluding carboxylic acids is 1. The second kappa shape index (κ2) is 8.77. The van der Waals surface area contributed by atoms with E-state index < -0.39 is 16.5 Å². The topological polar surface area (TPSA) is 69.4 Å². The molecular formula is C17H12ClF2NO4S. The lowest BCUT2D eigenvalue weighted by molar-refractivity contribution is -0.384. The molecule has 0 heterocycles.